The molecule has 6 N–H and O–H groups in total. The number of aliphatic hydroxyl groups excluding tert-OH is 5. The molecule has 0 saturated carbocycles. The van der Waals surface area contributed by atoms with E-state index in [-0.39, 0.29) is 19.4 Å². The number of carbonyl (C=O) groups is 2. The van der Waals surface area contributed by atoms with Crippen LogP contribution in [0.4, 0.5) is 0 Å². The average molecular weight is 1010 g/mol. The van der Waals surface area contributed by atoms with E-state index in [0.717, 1.165) is 103 Å². The molecule has 0 aromatic heterocycles. The molecule has 8 atom stereocenters. The Morgan fingerprint density at radius 2 is 1.00 bits per heavy atom. The monoisotopic (exact) mass is 1010 g/mol. The Hall–Kier alpha value is -3.42. The SMILES string of the molecule is CC/C=C/C/C=C/C/C=C/CCCCCC(O)C(=O)NC(COC1OC(CO)C(O)C(O)C1OC(=O)CCCCC/C=C\C/C=C\C/C=C\C/C=C\CCCCC)C(O)/C=C/CCCCCCCCCCC. The second-order valence-corrected chi connectivity index (χ2v) is 19.3. The van der Waals surface area contributed by atoms with Crippen molar-refractivity contribution >= 4 is 11.9 Å². The molecule has 0 aliphatic carbocycles. The summed E-state index contributed by atoms with van der Waals surface area (Å²) in [6.07, 6.45) is 53.1. The number of esters is 1. The lowest BCUT2D eigenvalue weighted by molar-refractivity contribution is -0.305. The van der Waals surface area contributed by atoms with Crippen LogP contribution in [0.1, 0.15) is 213 Å². The molecule has 8 unspecified atom stereocenters. The molecule has 1 saturated heterocycles. The molecule has 1 aliphatic heterocycles. The lowest BCUT2D eigenvalue weighted by Crippen LogP contribution is -2.61. The summed E-state index contributed by atoms with van der Waals surface area (Å²) in [5.41, 5.74) is 0. The van der Waals surface area contributed by atoms with E-state index in [9.17, 15) is 35.1 Å². The van der Waals surface area contributed by atoms with Gasteiger partial charge in [-0.2, -0.15) is 0 Å². The summed E-state index contributed by atoms with van der Waals surface area (Å²) < 4.78 is 17.5. The van der Waals surface area contributed by atoms with Crippen LogP contribution in [-0.2, 0) is 23.8 Å². The normalized spacial score (nSPS) is 20.2. The number of hydrogen-bond acceptors (Lipinski definition) is 10. The standard InChI is InChI=1S/C61H103NO10/c1-4-7-10-13-16-19-22-24-25-26-27-28-29-31-34-37-40-43-46-49-56(66)72-59-58(68)57(67)55(50-63)71-61(59)70-51-52(53(64)47-44-41-38-35-32-21-18-15-12-9-6-3)62-60(69)54(65)48-45-42-39-36-33-30-23-20-17-14-11-8-5-2/h8,11,16-17,19-20,24-25,27-28,30-31,33-34,44,47,52-55,57-59,61,63-65,67-68H,4-7,9-10,12-15,18,21-23,26,29,32,35-43,45-46,48-51H2,1-3H3,(H,62,69)/b11-8+,19-16-,20-17+,25-24-,28-27-,33-30+,34-31-,47-44+. The Morgan fingerprint density at radius 1 is 0.556 bits per heavy atom. The fourth-order valence-electron chi connectivity index (χ4n) is 8.18. The van der Waals surface area contributed by atoms with Gasteiger partial charge in [0.1, 0.15) is 24.4 Å². The van der Waals surface area contributed by atoms with E-state index < -0.39 is 67.4 Å². The molecule has 1 amide bonds. The summed E-state index contributed by atoms with van der Waals surface area (Å²) in [6.45, 7) is 5.58. The molecule has 0 bridgehead atoms. The van der Waals surface area contributed by atoms with Crippen molar-refractivity contribution < 1.29 is 49.3 Å². The van der Waals surface area contributed by atoms with Gasteiger partial charge in [-0.3, -0.25) is 9.59 Å². The molecule has 0 aromatic rings. The molecule has 1 fully saturated rings. The first-order valence-electron chi connectivity index (χ1n) is 28.5. The van der Waals surface area contributed by atoms with Crippen molar-refractivity contribution in [2.75, 3.05) is 13.2 Å². The Morgan fingerprint density at radius 3 is 1.53 bits per heavy atom. The highest BCUT2D eigenvalue weighted by Gasteiger charge is 2.47. The van der Waals surface area contributed by atoms with Crippen LogP contribution in [0.2, 0.25) is 0 Å². The third-order valence-corrected chi connectivity index (χ3v) is 12.7. The number of allylic oxidation sites excluding steroid dienone is 15. The van der Waals surface area contributed by atoms with E-state index in [4.69, 9.17) is 14.2 Å². The zero-order valence-electron chi connectivity index (χ0n) is 45.3. The third-order valence-electron chi connectivity index (χ3n) is 12.7. The van der Waals surface area contributed by atoms with Crippen LogP contribution in [0.15, 0.2) is 97.2 Å². The topological polar surface area (TPSA) is 175 Å². The van der Waals surface area contributed by atoms with Gasteiger partial charge in [-0.15, -0.1) is 0 Å². The first-order chi connectivity index (χ1) is 35.2. The largest absolute Gasteiger partial charge is 0.454 e. The molecule has 1 aliphatic rings. The molecular formula is C61H103NO10. The highest BCUT2D eigenvalue weighted by atomic mass is 16.7. The summed E-state index contributed by atoms with van der Waals surface area (Å²) in [5, 5.41) is 56.7. The first-order valence-corrected chi connectivity index (χ1v) is 28.5. The van der Waals surface area contributed by atoms with Crippen LogP contribution in [0.25, 0.3) is 0 Å². The minimum absolute atomic E-state index is 0.0782. The molecule has 0 radical (unpaired) electrons. The average Bonchev–Trinajstić information content (AvgIpc) is 3.38. The zero-order valence-corrected chi connectivity index (χ0v) is 45.3. The van der Waals surface area contributed by atoms with Crippen molar-refractivity contribution in [1.82, 2.24) is 5.32 Å². The van der Waals surface area contributed by atoms with Crippen molar-refractivity contribution in [3.8, 4) is 0 Å². The number of nitrogens with one attached hydrogen (secondary N) is 1. The van der Waals surface area contributed by atoms with E-state index in [1.165, 1.54) is 64.2 Å². The van der Waals surface area contributed by atoms with Crippen molar-refractivity contribution in [2.24, 2.45) is 0 Å². The molecule has 0 aromatic carbocycles. The lowest BCUT2D eigenvalue weighted by Gasteiger charge is -2.41. The summed E-state index contributed by atoms with van der Waals surface area (Å²) >= 11 is 0. The molecule has 412 valence electrons. The van der Waals surface area contributed by atoms with Gasteiger partial charge in [0.05, 0.1) is 25.4 Å². The molecule has 1 rings (SSSR count). The van der Waals surface area contributed by atoms with Gasteiger partial charge < -0.3 is 45.1 Å². The smallest absolute Gasteiger partial charge is 0.306 e. The van der Waals surface area contributed by atoms with Crippen LogP contribution in [0.5, 0.6) is 0 Å². The maximum atomic E-state index is 13.3. The Kier molecular flexibility index (Phi) is 44.9. The van der Waals surface area contributed by atoms with Crippen molar-refractivity contribution in [3.05, 3.63) is 97.2 Å². The third kappa shape index (κ3) is 36.5. The number of aliphatic hydroxyl groups is 5. The maximum absolute atomic E-state index is 13.3. The number of unbranched alkanes of at least 4 members (excludes halogenated alkanes) is 18. The lowest BCUT2D eigenvalue weighted by atomic mass is 9.99. The zero-order chi connectivity index (χ0) is 52.5. The molecular weight excluding hydrogens is 907 g/mol. The highest BCUT2D eigenvalue weighted by molar-refractivity contribution is 5.80. The predicted octanol–water partition coefficient (Wildman–Crippen LogP) is 12.8. The number of hydrogen-bond donors (Lipinski definition) is 6. The summed E-state index contributed by atoms with van der Waals surface area (Å²) in [4.78, 5) is 26.4. The number of ether oxygens (including phenoxy) is 3. The van der Waals surface area contributed by atoms with Crippen LogP contribution in [0.3, 0.4) is 0 Å². The fraction of sp³-hybridized carbons (Fsp3) is 0.705. The Labute approximate surface area is 437 Å². The van der Waals surface area contributed by atoms with Crippen molar-refractivity contribution in [1.29, 1.82) is 0 Å². The Bertz CT molecular complexity index is 1530. The maximum Gasteiger partial charge on any atom is 0.306 e. The summed E-state index contributed by atoms with van der Waals surface area (Å²) in [5.74, 6) is -1.26. The van der Waals surface area contributed by atoms with Crippen LogP contribution >= 0.6 is 0 Å². The molecule has 1 heterocycles. The second-order valence-electron chi connectivity index (χ2n) is 19.3. The van der Waals surface area contributed by atoms with E-state index in [0.29, 0.717) is 12.8 Å². The predicted molar refractivity (Wildman–Crippen MR) is 296 cm³/mol. The number of carbonyl (C=O) groups excluding carboxylic acids is 2. The van der Waals surface area contributed by atoms with Gasteiger partial charge in [0.25, 0.3) is 0 Å². The fourth-order valence-corrected chi connectivity index (χ4v) is 8.18. The second kappa shape index (κ2) is 48.5. The van der Waals surface area contributed by atoms with Gasteiger partial charge in [0.15, 0.2) is 12.4 Å². The van der Waals surface area contributed by atoms with Gasteiger partial charge in [-0.1, -0.05) is 201 Å². The van der Waals surface area contributed by atoms with Gasteiger partial charge >= 0.3 is 5.97 Å². The molecule has 11 nitrogen and oxygen atoms in total. The van der Waals surface area contributed by atoms with E-state index in [2.05, 4.69) is 111 Å². The van der Waals surface area contributed by atoms with Crippen LogP contribution in [0, 0.1) is 0 Å². The van der Waals surface area contributed by atoms with Gasteiger partial charge in [-0.05, 0) is 103 Å². The molecule has 72 heavy (non-hydrogen) atoms. The molecule has 11 heteroatoms. The number of amides is 1. The van der Waals surface area contributed by atoms with Crippen molar-refractivity contribution in [2.45, 2.75) is 262 Å². The minimum Gasteiger partial charge on any atom is -0.454 e. The number of rotatable bonds is 46. The summed E-state index contributed by atoms with van der Waals surface area (Å²) in [7, 11) is 0. The van der Waals surface area contributed by atoms with E-state index in [1.54, 1.807) is 6.08 Å². The molecule has 0 spiro atoms. The van der Waals surface area contributed by atoms with Crippen LogP contribution < -0.4 is 5.32 Å². The summed E-state index contributed by atoms with van der Waals surface area (Å²) in [6, 6.07) is -1.05. The first kappa shape index (κ1) is 66.6. The van der Waals surface area contributed by atoms with Gasteiger partial charge in [0.2, 0.25) is 5.91 Å². The van der Waals surface area contributed by atoms with E-state index >= 15 is 0 Å². The Balaban J connectivity index is 2.75. The minimum atomic E-state index is -1.64. The highest BCUT2D eigenvalue weighted by Crippen LogP contribution is 2.26. The van der Waals surface area contributed by atoms with Crippen molar-refractivity contribution in [3.63, 3.8) is 0 Å². The van der Waals surface area contributed by atoms with Gasteiger partial charge in [-0.25, -0.2) is 0 Å². The van der Waals surface area contributed by atoms with Gasteiger partial charge in [0, 0.05) is 6.42 Å². The van der Waals surface area contributed by atoms with E-state index in [1.807, 2.05) is 6.08 Å². The quantitative estimate of drug-likeness (QED) is 0.0196. The van der Waals surface area contributed by atoms with Crippen LogP contribution in [-0.4, -0.2) is 99.6 Å².